The van der Waals surface area contributed by atoms with Crippen molar-refractivity contribution in [3.8, 4) is 39.3 Å². The second-order valence-corrected chi connectivity index (χ2v) is 12.3. The third kappa shape index (κ3) is 4.79. The van der Waals surface area contributed by atoms with Crippen molar-refractivity contribution in [1.29, 1.82) is 0 Å². The number of nitrogens with zero attached hydrogens (tertiary/aromatic N) is 3. The molecule has 3 nitrogen and oxygen atoms in total. The minimum atomic E-state index is -1.21. The molecule has 0 bridgehead atoms. The second-order valence-electron chi connectivity index (χ2n) is 12.3. The topological polar surface area (TPSA) is 14.8 Å². The van der Waals surface area contributed by atoms with E-state index in [0.29, 0.717) is 13.7 Å². The average molecular weight is 761 g/mol. The highest BCUT2D eigenvalue weighted by Gasteiger charge is 2.19. The molecule has 0 aliphatic carbocycles. The van der Waals surface area contributed by atoms with Crippen LogP contribution in [0.5, 0.6) is 0 Å². The number of aromatic nitrogens is 3. The molecule has 0 N–H and O–H groups in total. The van der Waals surface area contributed by atoms with Crippen molar-refractivity contribution in [2.45, 2.75) is 0 Å². The number of hydrogen-bond acceptors (Lipinski definition) is 0. The zero-order chi connectivity index (χ0) is 67.9. The molecule has 3 heterocycles. The predicted octanol–water partition coefficient (Wildman–Crippen LogP) is 14.3. The van der Waals surface area contributed by atoms with Crippen molar-refractivity contribution in [3.63, 3.8) is 0 Å². The summed E-state index contributed by atoms with van der Waals surface area (Å²) in [5.74, 6) is 0. The Morgan fingerprint density at radius 1 is 0.263 bits per heavy atom. The first-order valence-corrected chi connectivity index (χ1v) is 16.8. The van der Waals surface area contributed by atoms with Gasteiger partial charge in [-0.3, -0.25) is 0 Å². The lowest BCUT2D eigenvalue weighted by Crippen LogP contribution is -1.98. The molecule has 0 atom stereocenters. The van der Waals surface area contributed by atoms with E-state index in [-0.39, 0.29) is 0 Å². The zero-order valence-corrected chi connectivity index (χ0v) is 28.3. The second kappa shape index (κ2) is 12.5. The molecule has 0 unspecified atom stereocenters. The van der Waals surface area contributed by atoms with Crippen LogP contribution < -0.4 is 0 Å². The van der Waals surface area contributed by atoms with E-state index in [1.807, 2.05) is 0 Å². The van der Waals surface area contributed by atoms with Gasteiger partial charge >= 0.3 is 0 Å². The molecule has 9 aromatic carbocycles. The van der Waals surface area contributed by atoms with E-state index >= 15 is 0 Å². The van der Waals surface area contributed by atoms with Gasteiger partial charge in [0.05, 0.1) is 86.8 Å². The van der Waals surface area contributed by atoms with Crippen LogP contribution >= 0.6 is 0 Å². The largest absolute Gasteiger partial charge is 0.309 e. The van der Waals surface area contributed by atoms with Crippen LogP contribution in [0.4, 0.5) is 0 Å². The van der Waals surface area contributed by atoms with Gasteiger partial charge in [0.1, 0.15) is 0 Å². The third-order valence-corrected chi connectivity index (χ3v) is 9.29. The lowest BCUT2D eigenvalue weighted by molar-refractivity contribution is 1.15. The van der Waals surface area contributed by atoms with Gasteiger partial charge in [-0.25, -0.2) is 0 Å². The third-order valence-electron chi connectivity index (χ3n) is 9.29. The van der Waals surface area contributed by atoms with Crippen molar-refractivity contribution in [3.05, 3.63) is 211 Å². The summed E-state index contributed by atoms with van der Waals surface area (Å²) in [5.41, 5.74) is -11.0. The van der Waals surface area contributed by atoms with E-state index in [1.54, 1.807) is 0 Å². The molecule has 12 rings (SSSR count). The van der Waals surface area contributed by atoms with Gasteiger partial charge in [-0.05, 0) is 83.2 Å². The Hall–Kier alpha value is -7.62. The molecule has 0 saturated carbocycles. The maximum atomic E-state index is 10.2. The molecule has 0 fully saturated rings. The van der Waals surface area contributed by atoms with Crippen LogP contribution in [0.15, 0.2) is 211 Å². The van der Waals surface area contributed by atoms with Crippen molar-refractivity contribution in [2.75, 3.05) is 0 Å². The fraction of sp³-hybridized carbons (Fsp3) is 0. The number of rotatable bonds is 5. The molecule has 0 saturated heterocycles. The van der Waals surface area contributed by atoms with Gasteiger partial charge in [-0.2, -0.15) is 0 Å². The Morgan fingerprint density at radius 3 is 1.35 bits per heavy atom. The smallest absolute Gasteiger partial charge is 0.0667 e. The van der Waals surface area contributed by atoms with Crippen LogP contribution in [0.3, 0.4) is 0 Å². The number of fused-ring (bicyclic) bond motifs is 9. The minimum Gasteiger partial charge on any atom is -0.309 e. The van der Waals surface area contributed by atoms with Crippen molar-refractivity contribution >= 4 is 65.4 Å². The van der Waals surface area contributed by atoms with Crippen LogP contribution in [0.1, 0.15) is 48.0 Å². The predicted molar refractivity (Wildman–Crippen MR) is 240 cm³/mol. The van der Waals surface area contributed by atoms with E-state index < -0.39 is 316 Å². The van der Waals surface area contributed by atoms with Crippen molar-refractivity contribution in [1.82, 2.24) is 13.7 Å². The lowest BCUT2D eigenvalue weighted by Gasteiger charge is -2.14. The van der Waals surface area contributed by atoms with Gasteiger partial charge in [-0.1, -0.05) is 145 Å². The van der Waals surface area contributed by atoms with Gasteiger partial charge < -0.3 is 13.7 Å². The first-order chi connectivity index (χ1) is 42.9. The maximum Gasteiger partial charge on any atom is 0.0667 e. The van der Waals surface area contributed by atoms with E-state index in [2.05, 4.69) is 0 Å². The summed E-state index contributed by atoms with van der Waals surface area (Å²) in [6.45, 7) is 0. The Bertz CT molecular complexity index is 5450. The monoisotopic (exact) mass is 761 g/mol. The molecule has 0 aliphatic rings. The molecule has 0 radical (unpaired) electrons. The summed E-state index contributed by atoms with van der Waals surface area (Å²) in [7, 11) is 0. The average Bonchev–Trinajstić information content (AvgIpc) is 1.50. The number of hydrogen-bond donors (Lipinski definition) is 0. The highest BCUT2D eigenvalue weighted by molar-refractivity contribution is 6.13. The molecule has 266 valence electrons. The Morgan fingerprint density at radius 2 is 0.702 bits per heavy atom. The number of benzene rings is 9. The molecule has 0 amide bonds. The SMILES string of the molecule is [2H]c1c([2H])c([2H])c(-c2c([2H])c([2H])c(-n3c4c([2H])c([2H])c([2H])c([2H])c4c4c([2H])c([2H])c(-n5c6c([2H])c([2H])c([2H])c([2H])c6c6c([2H])c(-c7c([2H])c([2H])c([2H])c([2H])c7-n7c8c([2H])c([2H])c([2H])c([2H])c8c8c([2H])c([2H])c([2H])c([2H])c87)c([2H])c([2H])c65)c([2H])c43)c([2H])c2[2H])c([2H])c1[2H]. The van der Waals surface area contributed by atoms with Crippen LogP contribution in [-0.2, 0) is 0 Å². The van der Waals surface area contributed by atoms with E-state index in [9.17, 15) is 23.3 Å². The minimum absolute atomic E-state index is 0.562. The molecule has 0 spiro atoms. The first-order valence-electron chi connectivity index (χ1n) is 34.3. The summed E-state index contributed by atoms with van der Waals surface area (Å²) in [6.07, 6.45) is 0. The van der Waals surface area contributed by atoms with Gasteiger partial charge in [0, 0.05) is 49.3 Å². The quantitative estimate of drug-likeness (QED) is 0.166. The first kappa shape index (κ1) is 12.7. The van der Waals surface area contributed by atoms with E-state index in [4.69, 9.17) is 24.7 Å². The van der Waals surface area contributed by atoms with Crippen LogP contribution in [-0.4, -0.2) is 13.7 Å². The Balaban J connectivity index is 1.29. The zero-order valence-electron chi connectivity index (χ0n) is 63.3. The highest BCUT2D eigenvalue weighted by atomic mass is 15.0. The van der Waals surface area contributed by atoms with Crippen LogP contribution in [0, 0.1) is 0 Å². The summed E-state index contributed by atoms with van der Waals surface area (Å²) >= 11 is 0. The fourth-order valence-corrected chi connectivity index (χ4v) is 6.92. The highest BCUT2D eigenvalue weighted by Crippen LogP contribution is 2.41. The Kier molecular flexibility index (Phi) is 2.78. The van der Waals surface area contributed by atoms with Gasteiger partial charge in [0.25, 0.3) is 0 Å². The fourth-order valence-electron chi connectivity index (χ4n) is 6.92. The van der Waals surface area contributed by atoms with Gasteiger partial charge in [0.2, 0.25) is 0 Å². The molecule has 3 heteroatoms. The molecule has 12 aromatic rings. The maximum absolute atomic E-state index is 10.2. The van der Waals surface area contributed by atoms with Crippen molar-refractivity contribution < 1.29 is 48.0 Å². The molecular formula is C54H35N3. The standard InChI is InChI=1S/C54H35N3/c1-2-14-36(15-3-1)37-26-29-39(30-27-37)55-49-22-10-5-19-44(49)46-32-31-40(35-54(46)55)56-50-23-11-8-20-45(50)47-34-38(28-33-53(47)56)41-16-4-9-21-48(41)57-51-24-12-6-17-42(51)43-18-7-13-25-52(43)57/h1-35H/i1D,2D,3D,4D,5D,6D,7D,8D,9D,10D,11D,12D,13D,14D,15D,16D,17D,18D,19D,20D,21D,22D,23D,24D,25D,26D,27D,28D,29D,30D,31D,32D,33D,34D,35D. The summed E-state index contributed by atoms with van der Waals surface area (Å²) in [5, 5.41) is -4.00. The van der Waals surface area contributed by atoms with E-state index in [1.165, 1.54) is 0 Å². The van der Waals surface area contributed by atoms with Crippen LogP contribution in [0.25, 0.3) is 105 Å². The lowest BCUT2D eigenvalue weighted by atomic mass is 10.0. The van der Waals surface area contributed by atoms with Gasteiger partial charge in [-0.15, -0.1) is 0 Å². The molecule has 0 aliphatic heterocycles. The summed E-state index contributed by atoms with van der Waals surface area (Å²) in [6, 6.07) is -35.5. The molecule has 3 aromatic heterocycles. The van der Waals surface area contributed by atoms with E-state index in [0.717, 1.165) is 0 Å². The van der Waals surface area contributed by atoms with Crippen molar-refractivity contribution in [2.24, 2.45) is 0 Å². The normalized spacial score (nSPS) is 20.5. The molecular weight excluding hydrogens is 691 g/mol. The summed E-state index contributed by atoms with van der Waals surface area (Å²) < 4.78 is 322. The van der Waals surface area contributed by atoms with Gasteiger partial charge in [0.15, 0.2) is 0 Å². The summed E-state index contributed by atoms with van der Waals surface area (Å²) in [4.78, 5) is 0. The van der Waals surface area contributed by atoms with Crippen LogP contribution in [0.2, 0.25) is 0 Å². The Labute approximate surface area is 378 Å². The molecule has 57 heavy (non-hydrogen) atoms. The number of para-hydroxylation sites is 5.